The fourth-order valence-electron chi connectivity index (χ4n) is 6.03. The average molecular weight is 559 g/mol. The Bertz CT molecular complexity index is 1240. The van der Waals surface area contributed by atoms with Crippen LogP contribution in [0.5, 0.6) is 23.0 Å². The summed E-state index contributed by atoms with van der Waals surface area (Å²) in [6.45, 7) is 1.81. The standard InChI is InChI=1S/C35H43O4P/c1-27-31(33(37)35(39-3)34(38-2)32(27)36)25-17-6-4-5-7-18-26-40(28-19-11-8-12-20-28,29-21-13-9-14-22-29)30-23-15-10-16-24-30/h8-16,19-24,36-37,40H,4-7,17-18,25-26H2,1-3H3. The summed E-state index contributed by atoms with van der Waals surface area (Å²) in [5.41, 5.74) is 1.39. The van der Waals surface area contributed by atoms with Crippen LogP contribution in [0, 0.1) is 6.92 Å². The summed E-state index contributed by atoms with van der Waals surface area (Å²) >= 11 is 0. The molecular weight excluding hydrogens is 515 g/mol. The van der Waals surface area contributed by atoms with Gasteiger partial charge in [0.1, 0.15) is 0 Å². The van der Waals surface area contributed by atoms with Crippen molar-refractivity contribution in [1.82, 2.24) is 0 Å². The third kappa shape index (κ3) is 6.29. The second-order valence-electron chi connectivity index (χ2n) is 10.5. The van der Waals surface area contributed by atoms with Gasteiger partial charge < -0.3 is 4.74 Å². The van der Waals surface area contributed by atoms with Gasteiger partial charge in [-0.2, -0.15) is 0 Å². The Morgan fingerprint density at radius 2 is 0.950 bits per heavy atom. The predicted molar refractivity (Wildman–Crippen MR) is 170 cm³/mol. The monoisotopic (exact) mass is 558 g/mol. The molecule has 0 aliphatic carbocycles. The molecule has 0 aliphatic heterocycles. The molecular formula is C35H43O4P. The Morgan fingerprint density at radius 1 is 0.550 bits per heavy atom. The van der Waals surface area contributed by atoms with Crippen LogP contribution in [-0.4, -0.2) is 30.6 Å². The number of methoxy groups -OCH3 is 2. The predicted octanol–water partition coefficient (Wildman–Crippen LogP) is 7.03. The van der Waals surface area contributed by atoms with Crippen LogP contribution >= 0.6 is 7.26 Å². The van der Waals surface area contributed by atoms with Gasteiger partial charge in [-0.1, -0.05) is 0 Å². The van der Waals surface area contributed by atoms with Gasteiger partial charge >= 0.3 is 221 Å². The van der Waals surface area contributed by atoms with Gasteiger partial charge in [-0.15, -0.1) is 0 Å². The molecule has 0 saturated heterocycles. The molecule has 212 valence electrons. The van der Waals surface area contributed by atoms with E-state index in [2.05, 4.69) is 91.0 Å². The van der Waals surface area contributed by atoms with Gasteiger partial charge in [-0.25, -0.2) is 0 Å². The second kappa shape index (κ2) is 14.2. The van der Waals surface area contributed by atoms with Crippen molar-refractivity contribution in [1.29, 1.82) is 0 Å². The van der Waals surface area contributed by atoms with E-state index in [0.717, 1.165) is 24.8 Å². The normalized spacial score (nSPS) is 11.8. The van der Waals surface area contributed by atoms with Crippen LogP contribution in [0.2, 0.25) is 0 Å². The van der Waals surface area contributed by atoms with Crippen LogP contribution in [0.1, 0.15) is 49.7 Å². The first-order chi connectivity index (χ1) is 19.5. The number of unbranched alkanes of at least 4 members (excludes halogenated alkanes) is 5. The fourth-order valence-corrected chi connectivity index (χ4v) is 11.0. The number of hydrogen-bond donors (Lipinski definition) is 2. The second-order valence-corrected chi connectivity index (χ2v) is 14.5. The number of phenols is 2. The molecule has 4 rings (SSSR count). The third-order valence-corrected chi connectivity index (χ3v) is 13.2. The van der Waals surface area contributed by atoms with Gasteiger partial charge in [-0.05, 0) is 0 Å². The van der Waals surface area contributed by atoms with Crippen LogP contribution < -0.4 is 25.4 Å². The fraction of sp³-hybridized carbons (Fsp3) is 0.314. The molecule has 0 radical (unpaired) electrons. The Morgan fingerprint density at radius 3 is 1.40 bits per heavy atom. The zero-order chi connectivity index (χ0) is 28.4. The molecule has 0 aromatic heterocycles. The molecule has 0 aliphatic rings. The Kier molecular flexibility index (Phi) is 10.5. The minimum atomic E-state index is -2.15. The molecule has 0 saturated carbocycles. The quantitative estimate of drug-likeness (QED) is 0.0991. The van der Waals surface area contributed by atoms with E-state index in [1.807, 2.05) is 6.92 Å². The average Bonchev–Trinajstić information content (AvgIpc) is 3.01. The van der Waals surface area contributed by atoms with Crippen molar-refractivity contribution in [2.45, 2.75) is 51.9 Å². The summed E-state index contributed by atoms with van der Waals surface area (Å²) in [6.07, 6.45) is 8.62. The van der Waals surface area contributed by atoms with Crippen LogP contribution in [0.4, 0.5) is 0 Å². The van der Waals surface area contributed by atoms with Crippen LogP contribution in [0.15, 0.2) is 91.0 Å². The molecule has 0 fully saturated rings. The molecule has 2 N–H and O–H groups in total. The van der Waals surface area contributed by atoms with Gasteiger partial charge in [-0.3, -0.25) is 0 Å². The minimum absolute atomic E-state index is 0.0371. The first kappa shape index (κ1) is 29.5. The van der Waals surface area contributed by atoms with Crippen molar-refractivity contribution in [3.8, 4) is 23.0 Å². The van der Waals surface area contributed by atoms with Crippen molar-refractivity contribution < 1.29 is 19.7 Å². The van der Waals surface area contributed by atoms with Crippen molar-refractivity contribution in [2.75, 3.05) is 20.4 Å². The summed E-state index contributed by atoms with van der Waals surface area (Å²) in [5, 5.41) is 25.7. The molecule has 0 heterocycles. The summed E-state index contributed by atoms with van der Waals surface area (Å²) in [4.78, 5) is 0. The van der Waals surface area contributed by atoms with E-state index >= 15 is 0 Å². The molecule has 40 heavy (non-hydrogen) atoms. The Hall–Kier alpha value is -3.49. The number of ether oxygens (including phenoxy) is 2. The van der Waals surface area contributed by atoms with Gasteiger partial charge in [0.25, 0.3) is 0 Å². The van der Waals surface area contributed by atoms with Crippen LogP contribution in [0.25, 0.3) is 0 Å². The van der Waals surface area contributed by atoms with E-state index in [9.17, 15) is 10.2 Å². The van der Waals surface area contributed by atoms with Gasteiger partial charge in [0.05, 0.1) is 14.2 Å². The molecule has 0 spiro atoms. The van der Waals surface area contributed by atoms with Crippen LogP contribution in [0.3, 0.4) is 0 Å². The van der Waals surface area contributed by atoms with Gasteiger partial charge in [0, 0.05) is 0 Å². The van der Waals surface area contributed by atoms with Crippen LogP contribution in [-0.2, 0) is 6.42 Å². The molecule has 0 atom stereocenters. The molecule has 0 amide bonds. The molecule has 5 heteroatoms. The zero-order valence-electron chi connectivity index (χ0n) is 24.0. The summed E-state index contributed by atoms with van der Waals surface area (Å²) < 4.78 is 10.5. The van der Waals surface area contributed by atoms with E-state index in [1.165, 1.54) is 55.6 Å². The number of hydrogen-bond acceptors (Lipinski definition) is 4. The van der Waals surface area contributed by atoms with E-state index in [0.29, 0.717) is 12.0 Å². The van der Waals surface area contributed by atoms with Gasteiger partial charge in [0.15, 0.2) is 0 Å². The molecule has 0 bridgehead atoms. The summed E-state index contributed by atoms with van der Waals surface area (Å²) in [6, 6.07) is 33.4. The minimum Gasteiger partial charge on any atom is 0.0779 e. The van der Waals surface area contributed by atoms with E-state index in [-0.39, 0.29) is 23.0 Å². The maximum atomic E-state index is 10.7. The van der Waals surface area contributed by atoms with Crippen molar-refractivity contribution in [3.05, 3.63) is 102 Å². The third-order valence-electron chi connectivity index (χ3n) is 8.17. The topological polar surface area (TPSA) is 58.9 Å². The Labute approximate surface area is 240 Å². The van der Waals surface area contributed by atoms with Gasteiger partial charge in [0.2, 0.25) is 0 Å². The van der Waals surface area contributed by atoms with E-state index in [1.54, 1.807) is 0 Å². The number of rotatable bonds is 14. The molecule has 4 aromatic carbocycles. The molecule has 4 aromatic rings. The molecule has 4 nitrogen and oxygen atoms in total. The zero-order valence-corrected chi connectivity index (χ0v) is 25.0. The SMILES string of the molecule is COc1c(O)c(C)c(CCCCCCCC[PH](c2ccccc2)(c2ccccc2)c2ccccc2)c(O)c1OC. The molecule has 0 unspecified atom stereocenters. The van der Waals surface area contributed by atoms with E-state index < -0.39 is 7.26 Å². The Balaban J connectivity index is 1.38. The van der Waals surface area contributed by atoms with Crippen molar-refractivity contribution in [3.63, 3.8) is 0 Å². The number of phenolic OH excluding ortho intramolecular Hbond substituents is 2. The summed E-state index contributed by atoms with van der Waals surface area (Å²) in [5.74, 6) is 0.486. The summed E-state index contributed by atoms with van der Waals surface area (Å²) in [7, 11) is 0.782. The smallest absolute Gasteiger partial charge is 0.0779 e. The first-order valence-corrected chi connectivity index (χ1v) is 16.6. The van der Waals surface area contributed by atoms with Crippen molar-refractivity contribution in [2.24, 2.45) is 0 Å². The van der Waals surface area contributed by atoms with E-state index in [4.69, 9.17) is 9.47 Å². The maximum absolute atomic E-state index is 10.7. The first-order valence-electron chi connectivity index (χ1n) is 14.4. The number of aromatic hydroxyl groups is 2. The van der Waals surface area contributed by atoms with Crippen molar-refractivity contribution >= 4 is 23.2 Å². The number of benzene rings is 4.